The number of aliphatic hydroxyl groups excluding tert-OH is 1. The van der Waals surface area contributed by atoms with Gasteiger partial charge in [0, 0.05) is 37.0 Å². The maximum Gasteiger partial charge on any atom is 0.222 e. The molecule has 2 aromatic rings. The van der Waals surface area contributed by atoms with Crippen molar-refractivity contribution in [2.75, 3.05) is 13.1 Å². The second-order valence-corrected chi connectivity index (χ2v) is 6.96. The molecular weight excluding hydrogens is 288 g/mol. The normalized spacial score (nSPS) is 24.3. The van der Waals surface area contributed by atoms with Crippen LogP contribution in [-0.2, 0) is 11.2 Å². The lowest BCUT2D eigenvalue weighted by molar-refractivity contribution is -0.130. The standard InChI is InChI=1S/C19H22N2O2/c22-18-12-21(19(23)9-13-5-6-13)11-15(18)10-14-7-8-20-17-4-2-1-3-16(14)17/h1-4,7-8,13,15,18,22H,5-6,9-12H2/t15-,18+/m1/s1. The van der Waals surface area contributed by atoms with E-state index in [1.165, 1.54) is 18.4 Å². The highest BCUT2D eigenvalue weighted by Gasteiger charge is 2.36. The smallest absolute Gasteiger partial charge is 0.222 e. The highest BCUT2D eigenvalue weighted by molar-refractivity contribution is 5.82. The molecule has 23 heavy (non-hydrogen) atoms. The van der Waals surface area contributed by atoms with Gasteiger partial charge in [0.25, 0.3) is 0 Å². The van der Waals surface area contributed by atoms with E-state index in [1.807, 2.05) is 35.4 Å². The van der Waals surface area contributed by atoms with E-state index in [0.717, 1.165) is 17.3 Å². The van der Waals surface area contributed by atoms with Crippen molar-refractivity contribution in [1.29, 1.82) is 0 Å². The number of fused-ring (bicyclic) bond motifs is 1. The number of carbonyl (C=O) groups excluding carboxylic acids is 1. The Labute approximate surface area is 136 Å². The summed E-state index contributed by atoms with van der Waals surface area (Å²) < 4.78 is 0. The van der Waals surface area contributed by atoms with Gasteiger partial charge in [0.1, 0.15) is 0 Å². The predicted molar refractivity (Wildman–Crippen MR) is 88.9 cm³/mol. The lowest BCUT2D eigenvalue weighted by Crippen LogP contribution is -2.29. The molecule has 2 fully saturated rings. The average molecular weight is 310 g/mol. The van der Waals surface area contributed by atoms with E-state index in [4.69, 9.17) is 0 Å². The summed E-state index contributed by atoms with van der Waals surface area (Å²) in [5.74, 6) is 0.931. The van der Waals surface area contributed by atoms with Crippen molar-refractivity contribution in [2.24, 2.45) is 11.8 Å². The fraction of sp³-hybridized carbons (Fsp3) is 0.474. The quantitative estimate of drug-likeness (QED) is 0.943. The second kappa shape index (κ2) is 5.93. The summed E-state index contributed by atoms with van der Waals surface area (Å²) in [5.41, 5.74) is 2.19. The maximum absolute atomic E-state index is 12.3. The van der Waals surface area contributed by atoms with Crippen molar-refractivity contribution in [3.63, 3.8) is 0 Å². The Morgan fingerprint density at radius 2 is 2.04 bits per heavy atom. The van der Waals surface area contributed by atoms with Crippen LogP contribution in [0.15, 0.2) is 36.5 Å². The van der Waals surface area contributed by atoms with Crippen LogP contribution >= 0.6 is 0 Å². The lowest BCUT2D eigenvalue weighted by atomic mass is 9.94. The van der Waals surface area contributed by atoms with Gasteiger partial charge in [-0.2, -0.15) is 0 Å². The number of rotatable bonds is 4. The van der Waals surface area contributed by atoms with Crippen LogP contribution in [0.5, 0.6) is 0 Å². The molecule has 1 saturated heterocycles. The molecule has 4 rings (SSSR count). The topological polar surface area (TPSA) is 53.4 Å². The monoisotopic (exact) mass is 310 g/mol. The van der Waals surface area contributed by atoms with Gasteiger partial charge in [-0.1, -0.05) is 18.2 Å². The number of hydrogen-bond acceptors (Lipinski definition) is 3. The van der Waals surface area contributed by atoms with E-state index < -0.39 is 6.10 Å². The zero-order valence-electron chi connectivity index (χ0n) is 13.2. The number of para-hydroxylation sites is 1. The van der Waals surface area contributed by atoms with Gasteiger partial charge in [-0.15, -0.1) is 0 Å². The van der Waals surface area contributed by atoms with Crippen LogP contribution < -0.4 is 0 Å². The molecule has 0 bridgehead atoms. The van der Waals surface area contributed by atoms with Gasteiger partial charge in [0.15, 0.2) is 0 Å². The SMILES string of the molecule is O=C(CC1CC1)N1C[C@@H](Cc2ccnc3ccccc23)[C@@H](O)C1. The number of likely N-dealkylation sites (tertiary alicyclic amines) is 1. The number of aromatic nitrogens is 1. The van der Waals surface area contributed by atoms with Crippen LogP contribution in [0, 0.1) is 11.8 Å². The third-order valence-electron chi connectivity index (χ3n) is 5.14. The molecule has 2 heterocycles. The Morgan fingerprint density at radius 1 is 1.22 bits per heavy atom. The molecule has 120 valence electrons. The summed E-state index contributed by atoms with van der Waals surface area (Å²) in [5, 5.41) is 11.5. The Balaban J connectivity index is 1.48. The molecule has 0 spiro atoms. The zero-order valence-corrected chi connectivity index (χ0v) is 13.2. The molecule has 4 heteroatoms. The predicted octanol–water partition coefficient (Wildman–Crippen LogP) is 2.40. The van der Waals surface area contributed by atoms with E-state index in [0.29, 0.717) is 25.4 Å². The van der Waals surface area contributed by atoms with Crippen LogP contribution in [0.25, 0.3) is 10.9 Å². The Kier molecular flexibility index (Phi) is 3.77. The molecule has 2 aliphatic rings. The van der Waals surface area contributed by atoms with Crippen LogP contribution in [0.3, 0.4) is 0 Å². The number of carbonyl (C=O) groups is 1. The number of β-amino-alcohol motifs (C(OH)–C–C–N with tert-alkyl or cyclic N) is 1. The molecule has 2 atom stereocenters. The minimum Gasteiger partial charge on any atom is -0.391 e. The van der Waals surface area contributed by atoms with Gasteiger partial charge in [0.05, 0.1) is 11.6 Å². The van der Waals surface area contributed by atoms with Gasteiger partial charge < -0.3 is 10.0 Å². The number of amides is 1. The van der Waals surface area contributed by atoms with Crippen molar-refractivity contribution in [3.8, 4) is 0 Å². The molecule has 1 aliphatic carbocycles. The Morgan fingerprint density at radius 3 is 2.87 bits per heavy atom. The highest BCUT2D eigenvalue weighted by Crippen LogP contribution is 2.34. The largest absolute Gasteiger partial charge is 0.391 e. The summed E-state index contributed by atoms with van der Waals surface area (Å²) >= 11 is 0. The summed E-state index contributed by atoms with van der Waals surface area (Å²) in [6.07, 6.45) is 5.23. The van der Waals surface area contributed by atoms with E-state index in [2.05, 4.69) is 11.1 Å². The first-order chi connectivity index (χ1) is 11.2. The van der Waals surface area contributed by atoms with Crippen LogP contribution in [-0.4, -0.2) is 40.1 Å². The van der Waals surface area contributed by atoms with Crippen LogP contribution in [0.4, 0.5) is 0 Å². The van der Waals surface area contributed by atoms with Crippen molar-refractivity contribution >= 4 is 16.8 Å². The first-order valence-electron chi connectivity index (χ1n) is 8.49. The summed E-state index contributed by atoms with van der Waals surface area (Å²) in [6, 6.07) is 10.1. The molecule has 4 nitrogen and oxygen atoms in total. The third-order valence-corrected chi connectivity index (χ3v) is 5.14. The Hall–Kier alpha value is -1.94. The van der Waals surface area contributed by atoms with E-state index in [-0.39, 0.29) is 11.8 Å². The number of aliphatic hydroxyl groups is 1. The van der Waals surface area contributed by atoms with Crippen molar-refractivity contribution in [2.45, 2.75) is 31.8 Å². The molecule has 1 aromatic carbocycles. The third kappa shape index (κ3) is 3.08. The van der Waals surface area contributed by atoms with E-state index >= 15 is 0 Å². The van der Waals surface area contributed by atoms with Crippen LogP contribution in [0.1, 0.15) is 24.8 Å². The van der Waals surface area contributed by atoms with E-state index in [9.17, 15) is 9.90 Å². The van der Waals surface area contributed by atoms with Crippen molar-refractivity contribution < 1.29 is 9.90 Å². The molecule has 1 aliphatic heterocycles. The maximum atomic E-state index is 12.3. The van der Waals surface area contributed by atoms with Crippen molar-refractivity contribution in [3.05, 3.63) is 42.1 Å². The van der Waals surface area contributed by atoms with Gasteiger partial charge in [-0.3, -0.25) is 9.78 Å². The molecule has 1 aromatic heterocycles. The van der Waals surface area contributed by atoms with Crippen LogP contribution in [0.2, 0.25) is 0 Å². The number of hydrogen-bond donors (Lipinski definition) is 1. The highest BCUT2D eigenvalue weighted by atomic mass is 16.3. The van der Waals surface area contributed by atoms with Gasteiger partial charge in [0.2, 0.25) is 5.91 Å². The summed E-state index contributed by atoms with van der Waals surface area (Å²) in [7, 11) is 0. The molecule has 1 saturated carbocycles. The first-order valence-corrected chi connectivity index (χ1v) is 8.49. The molecule has 0 unspecified atom stereocenters. The molecule has 1 N–H and O–H groups in total. The van der Waals surface area contributed by atoms with Gasteiger partial charge in [-0.05, 0) is 42.9 Å². The van der Waals surface area contributed by atoms with E-state index in [1.54, 1.807) is 0 Å². The molecule has 1 amide bonds. The number of pyridine rings is 1. The minimum absolute atomic E-state index is 0.115. The molecular formula is C19H22N2O2. The second-order valence-electron chi connectivity index (χ2n) is 6.96. The fourth-order valence-corrected chi connectivity index (χ4v) is 3.57. The zero-order chi connectivity index (χ0) is 15.8. The van der Waals surface area contributed by atoms with Gasteiger partial charge >= 0.3 is 0 Å². The average Bonchev–Trinajstić information content (AvgIpc) is 3.30. The summed E-state index contributed by atoms with van der Waals surface area (Å²) in [6.45, 7) is 1.16. The summed E-state index contributed by atoms with van der Waals surface area (Å²) in [4.78, 5) is 18.5. The molecule has 0 radical (unpaired) electrons. The van der Waals surface area contributed by atoms with Gasteiger partial charge in [-0.25, -0.2) is 0 Å². The first kappa shape index (κ1) is 14.6. The number of nitrogens with zero attached hydrogens (tertiary/aromatic N) is 2. The lowest BCUT2D eigenvalue weighted by Gasteiger charge is -2.16. The number of benzene rings is 1. The minimum atomic E-state index is -0.426. The fourth-order valence-electron chi connectivity index (χ4n) is 3.57. The van der Waals surface area contributed by atoms with Crippen molar-refractivity contribution in [1.82, 2.24) is 9.88 Å². The Bertz CT molecular complexity index is 721.